The summed E-state index contributed by atoms with van der Waals surface area (Å²) < 4.78 is 38.7. The van der Waals surface area contributed by atoms with Crippen molar-refractivity contribution in [3.8, 4) is 0 Å². The fraction of sp³-hybridized carbons (Fsp3) is 0.500. The first kappa shape index (κ1) is 27.4. The second-order valence-electron chi connectivity index (χ2n) is 3.28. The zero-order chi connectivity index (χ0) is 16.0. The zero-order valence-electron chi connectivity index (χ0n) is 12.7. The number of rotatable bonds is 3. The standard InChI is InChI=1S/C8H14N4O2.2Na.H2O4S2/c1-3-11-6(10)5(9)7(13)12(4-2)8(11)14;;;1-5(2)6(3)4/h3-4,9-10H2,1-2H3;;;(H,1,2)(H,3,4)/q;2*+1;/p-2. The second kappa shape index (κ2) is 12.9. The molecule has 0 aliphatic rings. The topological polar surface area (TPSA) is 176 Å². The van der Waals surface area contributed by atoms with Crippen molar-refractivity contribution in [2.45, 2.75) is 26.9 Å². The summed E-state index contributed by atoms with van der Waals surface area (Å²) in [5, 5.41) is 0. The number of nitrogen functional groups attached to an aromatic ring is 2. The van der Waals surface area contributed by atoms with Crippen LogP contribution in [0.25, 0.3) is 0 Å². The van der Waals surface area contributed by atoms with Gasteiger partial charge in [-0.1, -0.05) is 0 Å². The first-order chi connectivity index (χ1) is 9.18. The molecule has 0 radical (unpaired) electrons. The molecule has 0 amide bonds. The van der Waals surface area contributed by atoms with E-state index in [1.165, 1.54) is 4.57 Å². The van der Waals surface area contributed by atoms with Crippen molar-refractivity contribution in [3.05, 3.63) is 20.8 Å². The molecule has 0 fully saturated rings. The van der Waals surface area contributed by atoms with Crippen LogP contribution in [-0.4, -0.2) is 26.7 Å². The van der Waals surface area contributed by atoms with E-state index in [4.69, 9.17) is 29.0 Å². The number of aromatic nitrogens is 2. The molecular formula is C8H14N4Na2O6S2. The van der Waals surface area contributed by atoms with Crippen molar-refractivity contribution >= 4 is 31.7 Å². The molecule has 0 aliphatic heterocycles. The van der Waals surface area contributed by atoms with Crippen molar-refractivity contribution in [1.29, 1.82) is 0 Å². The molecule has 0 bridgehead atoms. The first-order valence-corrected chi connectivity index (χ1v) is 7.93. The van der Waals surface area contributed by atoms with Gasteiger partial charge in [-0.25, -0.2) is 4.79 Å². The molecule has 2 atom stereocenters. The van der Waals surface area contributed by atoms with Crippen LogP contribution in [0.4, 0.5) is 11.5 Å². The van der Waals surface area contributed by atoms with E-state index in [1.807, 2.05) is 0 Å². The first-order valence-electron chi connectivity index (χ1n) is 5.26. The minimum absolute atomic E-state index is 0. The van der Waals surface area contributed by atoms with E-state index in [-0.39, 0.29) is 70.6 Å². The number of nitrogens with two attached hydrogens (primary N) is 2. The Hall–Kier alpha value is 0.500. The summed E-state index contributed by atoms with van der Waals surface area (Å²) in [6.07, 6.45) is 0. The van der Waals surface area contributed by atoms with Gasteiger partial charge in [0.25, 0.3) is 5.56 Å². The van der Waals surface area contributed by atoms with Crippen molar-refractivity contribution in [2.24, 2.45) is 0 Å². The van der Waals surface area contributed by atoms with Gasteiger partial charge in [-0.2, -0.15) is 0 Å². The van der Waals surface area contributed by atoms with E-state index in [1.54, 1.807) is 13.8 Å². The maximum absolute atomic E-state index is 11.6. The number of nitrogens with zero attached hydrogens (tertiary/aromatic N) is 2. The Morgan fingerprint density at radius 3 is 1.59 bits per heavy atom. The summed E-state index contributed by atoms with van der Waals surface area (Å²) in [6, 6.07) is 0. The van der Waals surface area contributed by atoms with Gasteiger partial charge in [0.2, 0.25) is 0 Å². The molecule has 0 aromatic carbocycles. The van der Waals surface area contributed by atoms with Gasteiger partial charge in [-0.15, -0.1) is 0 Å². The maximum Gasteiger partial charge on any atom is 1.00 e. The van der Waals surface area contributed by atoms with Crippen LogP contribution >= 0.6 is 0 Å². The van der Waals surface area contributed by atoms with Crippen LogP contribution in [0.1, 0.15) is 13.8 Å². The van der Waals surface area contributed by atoms with Gasteiger partial charge in [-0.3, -0.25) is 22.3 Å². The minimum Gasteiger partial charge on any atom is -0.763 e. The Morgan fingerprint density at radius 2 is 1.32 bits per heavy atom. The van der Waals surface area contributed by atoms with Gasteiger partial charge >= 0.3 is 64.8 Å². The molecule has 1 rings (SSSR count). The van der Waals surface area contributed by atoms with Crippen LogP contribution in [0.15, 0.2) is 9.59 Å². The van der Waals surface area contributed by atoms with Crippen LogP contribution in [0.3, 0.4) is 0 Å². The molecule has 0 saturated carbocycles. The van der Waals surface area contributed by atoms with Crippen molar-refractivity contribution < 1.29 is 76.6 Å². The fourth-order valence-electron chi connectivity index (χ4n) is 1.32. The molecule has 1 aromatic heterocycles. The Bertz CT molecular complexity index is 635. The molecule has 1 heterocycles. The van der Waals surface area contributed by atoms with Crippen LogP contribution in [0, 0.1) is 0 Å². The molecule has 0 saturated heterocycles. The molecule has 116 valence electrons. The SMILES string of the molecule is CCn1c(N)c(N)c(=O)n(CC)c1=O.O=S([O-])S(=O)[O-].[Na+].[Na+]. The van der Waals surface area contributed by atoms with Gasteiger partial charge in [0, 0.05) is 33.3 Å². The van der Waals surface area contributed by atoms with Crippen LogP contribution in [0.2, 0.25) is 0 Å². The van der Waals surface area contributed by atoms with E-state index in [0.717, 1.165) is 4.57 Å². The fourth-order valence-corrected chi connectivity index (χ4v) is 1.32. The van der Waals surface area contributed by atoms with Crippen LogP contribution in [0.5, 0.6) is 0 Å². The molecule has 2 unspecified atom stereocenters. The van der Waals surface area contributed by atoms with Gasteiger partial charge < -0.3 is 20.6 Å². The Labute approximate surface area is 175 Å². The molecular weight excluding hydrogens is 358 g/mol. The third-order valence-electron chi connectivity index (χ3n) is 2.25. The smallest absolute Gasteiger partial charge is 0.763 e. The monoisotopic (exact) mass is 372 g/mol. The van der Waals surface area contributed by atoms with Crippen molar-refractivity contribution in [2.75, 3.05) is 11.5 Å². The van der Waals surface area contributed by atoms with Gasteiger partial charge in [0.05, 0.1) is 0 Å². The third-order valence-corrected chi connectivity index (χ3v) is 3.14. The predicted octanol–water partition coefficient (Wildman–Crippen LogP) is -8.12. The summed E-state index contributed by atoms with van der Waals surface area (Å²) in [5.74, 6) is 0.0483. The van der Waals surface area contributed by atoms with E-state index in [2.05, 4.69) is 0 Å². The van der Waals surface area contributed by atoms with Crippen molar-refractivity contribution in [1.82, 2.24) is 9.13 Å². The summed E-state index contributed by atoms with van der Waals surface area (Å²) in [5.41, 5.74) is 10.0. The molecule has 22 heavy (non-hydrogen) atoms. The summed E-state index contributed by atoms with van der Waals surface area (Å²) >= 11 is 0. The quantitative estimate of drug-likeness (QED) is 0.298. The van der Waals surface area contributed by atoms with Gasteiger partial charge in [-0.05, 0) is 13.8 Å². The molecule has 1 aromatic rings. The second-order valence-corrected chi connectivity index (χ2v) is 5.73. The van der Waals surface area contributed by atoms with E-state index in [0.29, 0.717) is 13.1 Å². The minimum atomic E-state index is -2.95. The Morgan fingerprint density at radius 1 is 0.955 bits per heavy atom. The van der Waals surface area contributed by atoms with Crippen LogP contribution in [-0.2, 0) is 33.3 Å². The Kier molecular flexibility index (Phi) is 16.0. The molecule has 14 heteroatoms. The molecule has 0 spiro atoms. The summed E-state index contributed by atoms with van der Waals surface area (Å²) in [6.45, 7) is 4.16. The zero-order valence-corrected chi connectivity index (χ0v) is 18.4. The normalized spacial score (nSPS) is 12.0. The molecule has 10 nitrogen and oxygen atoms in total. The Balaban J connectivity index is -0.000000392. The average Bonchev–Trinajstić information content (AvgIpc) is 2.38. The molecule has 4 N–H and O–H groups in total. The van der Waals surface area contributed by atoms with E-state index < -0.39 is 31.5 Å². The number of hydrogen-bond donors (Lipinski definition) is 2. The van der Waals surface area contributed by atoms with Crippen LogP contribution < -0.4 is 81.8 Å². The largest absolute Gasteiger partial charge is 1.00 e. The molecule has 0 aliphatic carbocycles. The predicted molar refractivity (Wildman–Crippen MR) is 73.0 cm³/mol. The third kappa shape index (κ3) is 7.38. The van der Waals surface area contributed by atoms with E-state index >= 15 is 0 Å². The number of anilines is 2. The van der Waals surface area contributed by atoms with E-state index in [9.17, 15) is 9.59 Å². The average molecular weight is 372 g/mol. The number of hydrogen-bond acceptors (Lipinski definition) is 8. The van der Waals surface area contributed by atoms with Gasteiger partial charge in [0.1, 0.15) is 11.5 Å². The van der Waals surface area contributed by atoms with Crippen molar-refractivity contribution in [3.63, 3.8) is 0 Å². The summed E-state index contributed by atoms with van der Waals surface area (Å²) in [7, 11) is -5.90. The maximum atomic E-state index is 11.6. The van der Waals surface area contributed by atoms with Gasteiger partial charge in [0.15, 0.2) is 0 Å². The summed E-state index contributed by atoms with van der Waals surface area (Å²) in [4.78, 5) is 23.1.